The molecule has 2 nitrogen and oxygen atoms in total. The Labute approximate surface area is 118 Å². The number of anilines is 1. The predicted molar refractivity (Wildman–Crippen MR) is 84.0 cm³/mol. The molecule has 1 aliphatic rings. The first-order valence-corrected chi connectivity index (χ1v) is 7.73. The molecule has 0 aliphatic carbocycles. The Bertz CT molecular complexity index is 414. The minimum Gasteiger partial charge on any atom is -0.366 e. The zero-order valence-electron chi connectivity index (χ0n) is 12.9. The Morgan fingerprint density at radius 1 is 1.21 bits per heavy atom. The lowest BCUT2D eigenvalue weighted by molar-refractivity contribution is 0.369. The van der Waals surface area contributed by atoms with E-state index in [-0.39, 0.29) is 0 Å². The van der Waals surface area contributed by atoms with E-state index < -0.39 is 0 Å². The third-order valence-electron chi connectivity index (χ3n) is 4.43. The average molecular weight is 260 g/mol. The Hall–Kier alpha value is -1.02. The van der Waals surface area contributed by atoms with Crippen molar-refractivity contribution in [1.82, 2.24) is 5.32 Å². The summed E-state index contributed by atoms with van der Waals surface area (Å²) in [5.41, 5.74) is 4.19. The number of hydrogen-bond acceptors (Lipinski definition) is 2. The molecule has 0 radical (unpaired) electrons. The maximum absolute atomic E-state index is 3.71. The van der Waals surface area contributed by atoms with E-state index in [0.717, 1.165) is 13.1 Å². The summed E-state index contributed by atoms with van der Waals surface area (Å²) in [6.45, 7) is 11.2. The number of aryl methyl sites for hydroxylation is 2. The zero-order valence-corrected chi connectivity index (χ0v) is 12.9. The number of benzene rings is 1. The predicted octanol–water partition coefficient (Wildman–Crippen LogP) is 3.66. The van der Waals surface area contributed by atoms with Crippen LogP contribution >= 0.6 is 0 Å². The molecule has 1 aromatic rings. The molecule has 2 rings (SSSR count). The van der Waals surface area contributed by atoms with Crippen molar-refractivity contribution >= 4 is 5.69 Å². The molecule has 1 aromatic carbocycles. The maximum atomic E-state index is 3.71. The first-order valence-electron chi connectivity index (χ1n) is 7.73. The van der Waals surface area contributed by atoms with Crippen molar-refractivity contribution in [1.29, 1.82) is 0 Å². The van der Waals surface area contributed by atoms with Gasteiger partial charge in [0, 0.05) is 30.9 Å². The van der Waals surface area contributed by atoms with Gasteiger partial charge in [0.15, 0.2) is 0 Å². The maximum Gasteiger partial charge on any atom is 0.0412 e. The molecular weight excluding hydrogens is 232 g/mol. The van der Waals surface area contributed by atoms with Gasteiger partial charge in [-0.3, -0.25) is 0 Å². The highest BCUT2D eigenvalue weighted by molar-refractivity contribution is 5.52. The van der Waals surface area contributed by atoms with Crippen LogP contribution in [0, 0.1) is 13.8 Å². The van der Waals surface area contributed by atoms with Gasteiger partial charge in [-0.1, -0.05) is 26.3 Å². The van der Waals surface area contributed by atoms with Crippen LogP contribution in [0.4, 0.5) is 5.69 Å². The van der Waals surface area contributed by atoms with E-state index in [4.69, 9.17) is 0 Å². The average Bonchev–Trinajstić information content (AvgIpc) is 2.42. The highest BCUT2D eigenvalue weighted by Crippen LogP contribution is 2.24. The number of nitrogens with zero attached hydrogens (tertiary/aromatic N) is 1. The van der Waals surface area contributed by atoms with E-state index in [1.165, 1.54) is 36.1 Å². The van der Waals surface area contributed by atoms with Crippen LogP contribution in [-0.4, -0.2) is 25.2 Å². The third-order valence-corrected chi connectivity index (χ3v) is 4.43. The summed E-state index contributed by atoms with van der Waals surface area (Å²) in [5, 5.41) is 3.71. The Kier molecular flexibility index (Phi) is 4.87. The van der Waals surface area contributed by atoms with Crippen molar-refractivity contribution < 1.29 is 0 Å². The lowest BCUT2D eigenvalue weighted by Crippen LogP contribution is -2.56. The van der Waals surface area contributed by atoms with Gasteiger partial charge >= 0.3 is 0 Å². The molecule has 0 spiro atoms. The van der Waals surface area contributed by atoms with Crippen LogP contribution in [0.15, 0.2) is 18.2 Å². The second-order valence-corrected chi connectivity index (χ2v) is 5.88. The molecule has 0 saturated carbocycles. The zero-order chi connectivity index (χ0) is 13.8. The molecule has 2 heteroatoms. The van der Waals surface area contributed by atoms with Gasteiger partial charge in [0.1, 0.15) is 0 Å². The van der Waals surface area contributed by atoms with Crippen LogP contribution in [0.1, 0.15) is 44.2 Å². The molecular formula is C17H28N2. The van der Waals surface area contributed by atoms with Crippen LogP contribution in [-0.2, 0) is 0 Å². The van der Waals surface area contributed by atoms with Crippen molar-refractivity contribution in [3.63, 3.8) is 0 Å². The molecule has 2 unspecified atom stereocenters. The minimum absolute atomic E-state index is 0.634. The van der Waals surface area contributed by atoms with Crippen LogP contribution in [0.3, 0.4) is 0 Å². The largest absolute Gasteiger partial charge is 0.366 e. The van der Waals surface area contributed by atoms with E-state index in [2.05, 4.69) is 56.1 Å². The Morgan fingerprint density at radius 2 is 2.00 bits per heavy atom. The number of piperazine rings is 1. The fourth-order valence-electron chi connectivity index (χ4n) is 2.99. The summed E-state index contributed by atoms with van der Waals surface area (Å²) >= 11 is 0. The molecule has 1 aliphatic heterocycles. The SMILES string of the molecule is CCCC1CN(c2ccc(C)c(C)c2)C(CC)CN1. The monoisotopic (exact) mass is 260 g/mol. The van der Waals surface area contributed by atoms with E-state index in [0.29, 0.717) is 12.1 Å². The summed E-state index contributed by atoms with van der Waals surface area (Å²) < 4.78 is 0. The normalized spacial score (nSPS) is 23.7. The molecule has 0 aromatic heterocycles. The van der Waals surface area contributed by atoms with E-state index >= 15 is 0 Å². The van der Waals surface area contributed by atoms with Gasteiger partial charge in [-0.15, -0.1) is 0 Å². The van der Waals surface area contributed by atoms with Crippen molar-refractivity contribution in [3.05, 3.63) is 29.3 Å². The summed E-state index contributed by atoms with van der Waals surface area (Å²) in [4.78, 5) is 2.61. The number of nitrogens with one attached hydrogen (secondary N) is 1. The molecule has 1 N–H and O–H groups in total. The Morgan fingerprint density at radius 3 is 2.63 bits per heavy atom. The van der Waals surface area contributed by atoms with Gasteiger partial charge in [-0.2, -0.15) is 0 Å². The van der Waals surface area contributed by atoms with E-state index in [9.17, 15) is 0 Å². The first-order chi connectivity index (χ1) is 9.15. The highest BCUT2D eigenvalue weighted by atomic mass is 15.2. The number of rotatable bonds is 4. The second kappa shape index (κ2) is 6.42. The Balaban J connectivity index is 2.19. The van der Waals surface area contributed by atoms with Crippen molar-refractivity contribution in [2.24, 2.45) is 0 Å². The van der Waals surface area contributed by atoms with Crippen LogP contribution in [0.2, 0.25) is 0 Å². The fraction of sp³-hybridized carbons (Fsp3) is 0.647. The molecule has 0 bridgehead atoms. The van der Waals surface area contributed by atoms with Crippen LogP contribution < -0.4 is 10.2 Å². The third kappa shape index (κ3) is 3.30. The van der Waals surface area contributed by atoms with Gasteiger partial charge < -0.3 is 10.2 Å². The van der Waals surface area contributed by atoms with Gasteiger partial charge in [0.25, 0.3) is 0 Å². The molecule has 2 atom stereocenters. The smallest absolute Gasteiger partial charge is 0.0412 e. The molecule has 1 heterocycles. The highest BCUT2D eigenvalue weighted by Gasteiger charge is 2.26. The summed E-state index contributed by atoms with van der Waals surface area (Å²) in [6.07, 6.45) is 3.74. The molecule has 106 valence electrons. The summed E-state index contributed by atoms with van der Waals surface area (Å²) in [6, 6.07) is 8.18. The van der Waals surface area contributed by atoms with Gasteiger partial charge in [0.05, 0.1) is 0 Å². The topological polar surface area (TPSA) is 15.3 Å². The molecule has 0 amide bonds. The standard InChI is InChI=1S/C17H28N2/c1-5-7-15-12-19(16(6-2)11-18-15)17-9-8-13(3)14(4)10-17/h8-10,15-16,18H,5-7,11-12H2,1-4H3. The second-order valence-electron chi connectivity index (χ2n) is 5.88. The van der Waals surface area contributed by atoms with Crippen LogP contribution in [0.25, 0.3) is 0 Å². The summed E-state index contributed by atoms with van der Waals surface area (Å²) in [7, 11) is 0. The van der Waals surface area contributed by atoms with Crippen molar-refractivity contribution in [3.8, 4) is 0 Å². The quantitative estimate of drug-likeness (QED) is 0.889. The van der Waals surface area contributed by atoms with E-state index in [1.54, 1.807) is 0 Å². The van der Waals surface area contributed by atoms with Gasteiger partial charge in [0.2, 0.25) is 0 Å². The summed E-state index contributed by atoms with van der Waals surface area (Å²) in [5.74, 6) is 0. The van der Waals surface area contributed by atoms with Gasteiger partial charge in [-0.25, -0.2) is 0 Å². The number of hydrogen-bond donors (Lipinski definition) is 1. The first kappa shape index (κ1) is 14.4. The molecule has 1 saturated heterocycles. The lowest BCUT2D eigenvalue weighted by Gasteiger charge is -2.42. The van der Waals surface area contributed by atoms with E-state index in [1.807, 2.05) is 0 Å². The van der Waals surface area contributed by atoms with Gasteiger partial charge in [-0.05, 0) is 49.9 Å². The lowest BCUT2D eigenvalue weighted by atomic mass is 10.0. The minimum atomic E-state index is 0.634. The van der Waals surface area contributed by atoms with Crippen LogP contribution in [0.5, 0.6) is 0 Å². The van der Waals surface area contributed by atoms with Crippen molar-refractivity contribution in [2.75, 3.05) is 18.0 Å². The molecule has 1 fully saturated rings. The fourth-order valence-corrected chi connectivity index (χ4v) is 2.99. The van der Waals surface area contributed by atoms with Crippen molar-refractivity contribution in [2.45, 2.75) is 59.0 Å². The molecule has 19 heavy (non-hydrogen) atoms.